The Kier molecular flexibility index (Phi) is 4.75. The van der Waals surface area contributed by atoms with Crippen molar-refractivity contribution in [3.63, 3.8) is 0 Å². The Morgan fingerprint density at radius 3 is 2.50 bits per heavy atom. The molecule has 1 aromatic heterocycles. The third-order valence-electron chi connectivity index (χ3n) is 3.59. The second-order valence-corrected chi connectivity index (χ2v) is 6.94. The molecule has 1 fully saturated rings. The Bertz CT molecular complexity index is 513. The number of rotatable bonds is 3. The molecule has 0 saturated carbocycles. The molecule has 0 unspecified atom stereocenters. The van der Waals surface area contributed by atoms with Crippen LogP contribution in [0.1, 0.15) is 52.3 Å². The lowest BCUT2D eigenvalue weighted by Gasteiger charge is -2.39. The van der Waals surface area contributed by atoms with Crippen LogP contribution in [0.25, 0.3) is 0 Å². The van der Waals surface area contributed by atoms with Crippen LogP contribution >= 0.6 is 0 Å². The molecular weight excluding hydrogens is 286 g/mol. The highest BCUT2D eigenvalue weighted by Crippen LogP contribution is 2.27. The molecule has 0 atom stereocenters. The lowest BCUT2D eigenvalue weighted by molar-refractivity contribution is -0.0876. The van der Waals surface area contributed by atoms with Crippen LogP contribution < -0.4 is 0 Å². The van der Waals surface area contributed by atoms with Crippen molar-refractivity contribution in [2.75, 3.05) is 13.1 Å². The largest absolute Gasteiger partial charge is 0.444 e. The molecule has 0 aliphatic carbocycles. The summed E-state index contributed by atoms with van der Waals surface area (Å²) >= 11 is 0. The number of carbonyl (C=O) groups is 1. The Labute approximate surface area is 131 Å². The van der Waals surface area contributed by atoms with Crippen molar-refractivity contribution in [1.29, 1.82) is 0 Å². The Morgan fingerprint density at radius 1 is 1.36 bits per heavy atom. The van der Waals surface area contributed by atoms with Crippen LogP contribution in [-0.2, 0) is 16.1 Å². The maximum absolute atomic E-state index is 12.0. The van der Waals surface area contributed by atoms with Gasteiger partial charge in [-0.05, 0) is 47.5 Å². The first-order chi connectivity index (χ1) is 10.2. The van der Waals surface area contributed by atoms with Crippen LogP contribution in [-0.4, -0.2) is 45.4 Å². The quantitative estimate of drug-likeness (QED) is 0.854. The lowest BCUT2D eigenvalue weighted by Crippen LogP contribution is -2.47. The fraction of sp³-hybridized carbons (Fsp3) is 0.800. The van der Waals surface area contributed by atoms with Crippen LogP contribution in [0.3, 0.4) is 0 Å². The van der Waals surface area contributed by atoms with Gasteiger partial charge in [-0.25, -0.2) is 4.79 Å². The van der Waals surface area contributed by atoms with E-state index in [1.54, 1.807) is 11.8 Å². The second-order valence-electron chi connectivity index (χ2n) is 6.94. The van der Waals surface area contributed by atoms with E-state index in [0.29, 0.717) is 31.4 Å². The topological polar surface area (TPSA) is 77.7 Å². The van der Waals surface area contributed by atoms with E-state index in [4.69, 9.17) is 14.0 Å². The number of aromatic nitrogens is 2. The summed E-state index contributed by atoms with van der Waals surface area (Å²) in [5.41, 5.74) is -0.759. The molecule has 1 aromatic rings. The van der Waals surface area contributed by atoms with E-state index in [2.05, 4.69) is 10.1 Å². The number of hydrogen-bond acceptors (Lipinski definition) is 6. The van der Waals surface area contributed by atoms with Gasteiger partial charge in [0.05, 0.1) is 5.60 Å². The predicted molar refractivity (Wildman–Crippen MR) is 79.3 cm³/mol. The molecule has 2 rings (SSSR count). The van der Waals surface area contributed by atoms with Gasteiger partial charge >= 0.3 is 6.09 Å². The zero-order valence-corrected chi connectivity index (χ0v) is 14.0. The lowest BCUT2D eigenvalue weighted by atomic mass is 9.93. The summed E-state index contributed by atoms with van der Waals surface area (Å²) in [5, 5.41) is 3.74. The van der Waals surface area contributed by atoms with E-state index in [0.717, 1.165) is 12.8 Å². The molecule has 0 spiro atoms. The molecule has 1 aliphatic rings. The molecule has 0 N–H and O–H groups in total. The first-order valence-corrected chi connectivity index (χ1v) is 7.58. The number of nitrogens with zero attached hydrogens (tertiary/aromatic N) is 3. The van der Waals surface area contributed by atoms with Crippen LogP contribution in [0.2, 0.25) is 0 Å². The Balaban J connectivity index is 1.81. The highest BCUT2D eigenvalue weighted by Gasteiger charge is 2.34. The minimum absolute atomic E-state index is 0.262. The Morgan fingerprint density at radius 2 is 2.00 bits per heavy atom. The summed E-state index contributed by atoms with van der Waals surface area (Å²) in [6.45, 7) is 11.0. The number of piperidine rings is 1. The van der Waals surface area contributed by atoms with Crippen molar-refractivity contribution in [3.8, 4) is 0 Å². The smallest absolute Gasteiger partial charge is 0.410 e. The maximum atomic E-state index is 12.0. The molecule has 1 saturated heterocycles. The zero-order chi connectivity index (χ0) is 16.4. The molecular formula is C15H25N3O4. The third-order valence-corrected chi connectivity index (χ3v) is 3.59. The van der Waals surface area contributed by atoms with E-state index < -0.39 is 5.60 Å². The van der Waals surface area contributed by atoms with E-state index in [9.17, 15) is 4.79 Å². The zero-order valence-electron chi connectivity index (χ0n) is 14.0. The normalized spacial score (nSPS) is 18.3. The molecule has 2 heterocycles. The summed E-state index contributed by atoms with van der Waals surface area (Å²) in [5.74, 6) is 1.08. The minimum Gasteiger partial charge on any atom is -0.444 e. The molecule has 0 radical (unpaired) electrons. The first-order valence-electron chi connectivity index (χ1n) is 7.58. The maximum Gasteiger partial charge on any atom is 0.410 e. The fourth-order valence-corrected chi connectivity index (χ4v) is 2.27. The van der Waals surface area contributed by atoms with Gasteiger partial charge < -0.3 is 18.9 Å². The summed E-state index contributed by atoms with van der Waals surface area (Å²) in [7, 11) is 0. The van der Waals surface area contributed by atoms with Gasteiger partial charge in [0, 0.05) is 13.1 Å². The van der Waals surface area contributed by atoms with Crippen molar-refractivity contribution in [2.45, 2.75) is 65.3 Å². The van der Waals surface area contributed by atoms with Gasteiger partial charge in [-0.15, -0.1) is 0 Å². The van der Waals surface area contributed by atoms with Crippen molar-refractivity contribution < 1.29 is 18.8 Å². The van der Waals surface area contributed by atoms with Crippen molar-refractivity contribution in [2.24, 2.45) is 0 Å². The molecule has 1 amide bonds. The number of ether oxygens (including phenoxy) is 2. The third kappa shape index (κ3) is 4.69. The van der Waals surface area contributed by atoms with Crippen LogP contribution in [0.15, 0.2) is 4.52 Å². The number of hydrogen-bond donors (Lipinski definition) is 0. The van der Waals surface area contributed by atoms with Gasteiger partial charge in [-0.3, -0.25) is 0 Å². The summed E-state index contributed by atoms with van der Waals surface area (Å²) < 4.78 is 16.4. The SMILES string of the molecule is Cc1noc(COC2(C)CCN(C(=O)OC(C)(C)C)CC2)n1. The standard InChI is InChI=1S/C15H25N3O4/c1-11-16-12(22-17-11)10-20-15(5)6-8-18(9-7-15)13(19)21-14(2,3)4/h6-10H2,1-5H3. The highest BCUT2D eigenvalue weighted by atomic mass is 16.6. The van der Waals surface area contributed by atoms with Gasteiger partial charge in [0.1, 0.15) is 12.2 Å². The predicted octanol–water partition coefficient (Wildman–Crippen LogP) is 2.68. The average molecular weight is 311 g/mol. The van der Waals surface area contributed by atoms with Crippen molar-refractivity contribution in [1.82, 2.24) is 15.0 Å². The summed E-state index contributed by atoms with van der Waals surface area (Å²) in [4.78, 5) is 17.9. The van der Waals surface area contributed by atoms with Gasteiger partial charge in [0.25, 0.3) is 5.89 Å². The number of aryl methyl sites for hydroxylation is 1. The Hall–Kier alpha value is -1.63. The van der Waals surface area contributed by atoms with Crippen LogP contribution in [0, 0.1) is 6.92 Å². The van der Waals surface area contributed by atoms with E-state index in [1.165, 1.54) is 0 Å². The molecule has 1 aliphatic heterocycles. The second kappa shape index (κ2) is 6.24. The van der Waals surface area contributed by atoms with E-state index in [1.807, 2.05) is 27.7 Å². The van der Waals surface area contributed by atoms with Gasteiger partial charge in [0.15, 0.2) is 5.82 Å². The van der Waals surface area contributed by atoms with Crippen molar-refractivity contribution >= 4 is 6.09 Å². The average Bonchev–Trinajstić information content (AvgIpc) is 2.81. The molecule has 22 heavy (non-hydrogen) atoms. The molecule has 0 aromatic carbocycles. The first kappa shape index (κ1) is 16.7. The van der Waals surface area contributed by atoms with Gasteiger partial charge in [-0.1, -0.05) is 5.16 Å². The number of carbonyl (C=O) groups excluding carboxylic acids is 1. The van der Waals surface area contributed by atoms with Crippen LogP contribution in [0.4, 0.5) is 4.79 Å². The molecule has 7 heteroatoms. The number of likely N-dealkylation sites (tertiary alicyclic amines) is 1. The minimum atomic E-state index is -0.468. The molecule has 0 bridgehead atoms. The fourth-order valence-electron chi connectivity index (χ4n) is 2.27. The van der Waals surface area contributed by atoms with Crippen LogP contribution in [0.5, 0.6) is 0 Å². The number of amides is 1. The monoisotopic (exact) mass is 311 g/mol. The van der Waals surface area contributed by atoms with Gasteiger partial charge in [-0.2, -0.15) is 4.98 Å². The molecule has 124 valence electrons. The van der Waals surface area contributed by atoms with E-state index >= 15 is 0 Å². The summed E-state index contributed by atoms with van der Waals surface area (Å²) in [6, 6.07) is 0. The van der Waals surface area contributed by atoms with Crippen molar-refractivity contribution in [3.05, 3.63) is 11.7 Å². The summed E-state index contributed by atoms with van der Waals surface area (Å²) in [6.07, 6.45) is 1.24. The molecule has 7 nitrogen and oxygen atoms in total. The highest BCUT2D eigenvalue weighted by molar-refractivity contribution is 5.68. The van der Waals surface area contributed by atoms with Gasteiger partial charge in [0.2, 0.25) is 0 Å². The van der Waals surface area contributed by atoms with E-state index in [-0.39, 0.29) is 11.7 Å².